The molecule has 2 N–H and O–H groups in total. The Balaban J connectivity index is 1.97. The molecule has 0 aliphatic carbocycles. The van der Waals surface area contributed by atoms with Crippen molar-refractivity contribution in [1.29, 1.82) is 0 Å². The van der Waals surface area contributed by atoms with E-state index >= 15 is 0 Å². The second-order valence-electron chi connectivity index (χ2n) is 6.61. The normalized spacial score (nSPS) is 11.0. The van der Waals surface area contributed by atoms with Gasteiger partial charge in [0.05, 0.1) is 43.8 Å². The number of methoxy groups -OCH3 is 2. The van der Waals surface area contributed by atoms with Crippen LogP contribution >= 0.6 is 11.3 Å². The SMILES string of the molecule is COC(=O)c1sc(S(=O)(=O)Nc2ccccc2C(=O)NCc2ccco2)c(C(=O)OC)c1C. The minimum absolute atomic E-state index is 0.0177. The largest absolute Gasteiger partial charge is 0.467 e. The van der Waals surface area contributed by atoms with Gasteiger partial charge in [-0.1, -0.05) is 12.1 Å². The Hall–Kier alpha value is -3.64. The number of furan rings is 1. The van der Waals surface area contributed by atoms with E-state index in [0.717, 1.165) is 14.2 Å². The van der Waals surface area contributed by atoms with Gasteiger partial charge in [0.15, 0.2) is 4.21 Å². The molecule has 3 aromatic rings. The van der Waals surface area contributed by atoms with Crippen LogP contribution in [0.15, 0.2) is 51.3 Å². The van der Waals surface area contributed by atoms with Crippen molar-refractivity contribution in [3.8, 4) is 0 Å². The smallest absolute Gasteiger partial charge is 0.348 e. The Bertz CT molecular complexity index is 1290. The molecule has 0 fully saturated rings. The van der Waals surface area contributed by atoms with Gasteiger partial charge in [-0.2, -0.15) is 0 Å². The Labute approximate surface area is 193 Å². The molecular formula is C21H20N2O8S2. The third-order valence-electron chi connectivity index (χ3n) is 4.54. The lowest BCUT2D eigenvalue weighted by molar-refractivity contribution is 0.0596. The number of esters is 2. The molecule has 0 saturated carbocycles. The molecule has 174 valence electrons. The van der Waals surface area contributed by atoms with Crippen molar-refractivity contribution in [2.45, 2.75) is 17.7 Å². The molecule has 1 amide bonds. The number of carbonyl (C=O) groups excluding carboxylic acids is 3. The molecule has 0 radical (unpaired) electrons. The number of amides is 1. The maximum atomic E-state index is 13.2. The first kappa shape index (κ1) is 24.0. The Kier molecular flexibility index (Phi) is 7.19. The van der Waals surface area contributed by atoms with Crippen molar-refractivity contribution in [3.63, 3.8) is 0 Å². The van der Waals surface area contributed by atoms with Crippen LogP contribution < -0.4 is 10.0 Å². The number of anilines is 1. The van der Waals surface area contributed by atoms with Gasteiger partial charge in [-0.25, -0.2) is 18.0 Å². The molecule has 0 bridgehead atoms. The standard InChI is InChI=1S/C21H20N2O8S2/c1-12-16(19(25)29-2)21(32-17(12)20(26)30-3)33(27,28)23-15-9-5-4-8-14(15)18(24)22-11-13-7-6-10-31-13/h4-10,23H,11H2,1-3H3,(H,22,24). The highest BCUT2D eigenvalue weighted by Crippen LogP contribution is 2.34. The van der Waals surface area contributed by atoms with Crippen LogP contribution in [0.25, 0.3) is 0 Å². The van der Waals surface area contributed by atoms with Gasteiger partial charge < -0.3 is 19.2 Å². The highest BCUT2D eigenvalue weighted by Gasteiger charge is 2.33. The van der Waals surface area contributed by atoms with Gasteiger partial charge in [-0.05, 0) is 36.8 Å². The van der Waals surface area contributed by atoms with Crippen LogP contribution in [0, 0.1) is 6.92 Å². The first-order valence-corrected chi connectivity index (χ1v) is 11.7. The summed E-state index contributed by atoms with van der Waals surface area (Å²) in [5, 5.41) is 2.64. The summed E-state index contributed by atoms with van der Waals surface area (Å²) in [5.41, 5.74) is -0.136. The van der Waals surface area contributed by atoms with Gasteiger partial charge in [-0.3, -0.25) is 9.52 Å². The van der Waals surface area contributed by atoms with Crippen molar-refractivity contribution >= 4 is 44.9 Å². The fraction of sp³-hybridized carbons (Fsp3) is 0.190. The Morgan fingerprint density at radius 3 is 2.36 bits per heavy atom. The number of ether oxygens (including phenoxy) is 2. The number of para-hydroxylation sites is 1. The van der Waals surface area contributed by atoms with Crippen molar-refractivity contribution in [2.24, 2.45) is 0 Å². The van der Waals surface area contributed by atoms with Crippen LogP contribution in [0.2, 0.25) is 0 Å². The van der Waals surface area contributed by atoms with Gasteiger partial charge in [-0.15, -0.1) is 11.3 Å². The van der Waals surface area contributed by atoms with Gasteiger partial charge in [0.1, 0.15) is 10.6 Å². The van der Waals surface area contributed by atoms with Gasteiger partial charge >= 0.3 is 11.9 Å². The van der Waals surface area contributed by atoms with Crippen LogP contribution in [0.3, 0.4) is 0 Å². The molecule has 0 aliphatic rings. The van der Waals surface area contributed by atoms with Crippen LogP contribution in [0.4, 0.5) is 5.69 Å². The van der Waals surface area contributed by atoms with Gasteiger partial charge in [0.25, 0.3) is 15.9 Å². The predicted octanol–water partition coefficient (Wildman–Crippen LogP) is 2.95. The maximum absolute atomic E-state index is 13.2. The molecule has 2 aromatic heterocycles. The monoisotopic (exact) mass is 492 g/mol. The number of nitrogens with one attached hydrogen (secondary N) is 2. The molecule has 12 heteroatoms. The lowest BCUT2D eigenvalue weighted by atomic mass is 10.1. The van der Waals surface area contributed by atoms with E-state index in [2.05, 4.69) is 14.8 Å². The van der Waals surface area contributed by atoms with E-state index in [0.29, 0.717) is 17.1 Å². The number of benzene rings is 1. The Morgan fingerprint density at radius 2 is 1.73 bits per heavy atom. The highest BCUT2D eigenvalue weighted by molar-refractivity contribution is 7.94. The molecule has 0 spiro atoms. The summed E-state index contributed by atoms with van der Waals surface area (Å²) in [5.74, 6) is -1.74. The molecule has 3 rings (SSSR count). The van der Waals surface area contributed by atoms with E-state index in [1.807, 2.05) is 0 Å². The molecule has 10 nitrogen and oxygen atoms in total. The zero-order chi connectivity index (χ0) is 24.2. The summed E-state index contributed by atoms with van der Waals surface area (Å²) >= 11 is 0.573. The van der Waals surface area contributed by atoms with E-state index in [1.165, 1.54) is 25.3 Å². The molecule has 1 aromatic carbocycles. The van der Waals surface area contributed by atoms with Crippen molar-refractivity contribution < 1.29 is 36.7 Å². The van der Waals surface area contributed by atoms with Crippen molar-refractivity contribution in [1.82, 2.24) is 5.32 Å². The van der Waals surface area contributed by atoms with E-state index in [-0.39, 0.29) is 33.8 Å². The predicted molar refractivity (Wildman–Crippen MR) is 119 cm³/mol. The Morgan fingerprint density at radius 1 is 1.03 bits per heavy atom. The average molecular weight is 493 g/mol. The summed E-state index contributed by atoms with van der Waals surface area (Å²) in [4.78, 5) is 37.0. The zero-order valence-electron chi connectivity index (χ0n) is 17.8. The third kappa shape index (κ3) is 5.07. The summed E-state index contributed by atoms with van der Waals surface area (Å²) < 4.78 is 42.9. The van der Waals surface area contributed by atoms with Crippen LogP contribution in [0.1, 0.15) is 41.7 Å². The lowest BCUT2D eigenvalue weighted by Gasteiger charge is -2.12. The summed E-state index contributed by atoms with van der Waals surface area (Å²) in [7, 11) is -2.16. The van der Waals surface area contributed by atoms with Crippen LogP contribution in [0.5, 0.6) is 0 Å². The number of sulfonamides is 1. The molecule has 0 atom stereocenters. The molecular weight excluding hydrogens is 472 g/mol. The lowest BCUT2D eigenvalue weighted by Crippen LogP contribution is -2.25. The molecule has 2 heterocycles. The van der Waals surface area contributed by atoms with E-state index in [1.54, 1.807) is 24.3 Å². The molecule has 33 heavy (non-hydrogen) atoms. The number of thiophene rings is 1. The van der Waals surface area contributed by atoms with Crippen molar-refractivity contribution in [2.75, 3.05) is 18.9 Å². The van der Waals surface area contributed by atoms with E-state index < -0.39 is 32.1 Å². The van der Waals surface area contributed by atoms with Crippen molar-refractivity contribution in [3.05, 3.63) is 70.0 Å². The molecule has 0 saturated heterocycles. The number of hydrogen-bond donors (Lipinski definition) is 2. The number of rotatable bonds is 8. The fourth-order valence-electron chi connectivity index (χ4n) is 2.94. The van der Waals surface area contributed by atoms with E-state index in [4.69, 9.17) is 9.15 Å². The highest BCUT2D eigenvalue weighted by atomic mass is 32.2. The fourth-order valence-corrected chi connectivity index (χ4v) is 5.76. The first-order chi connectivity index (χ1) is 15.7. The second-order valence-corrected chi connectivity index (χ2v) is 9.51. The number of carbonyl (C=O) groups is 3. The summed E-state index contributed by atoms with van der Waals surface area (Å²) in [6, 6.07) is 9.32. The minimum atomic E-state index is -4.40. The van der Waals surface area contributed by atoms with Crippen LogP contribution in [-0.4, -0.2) is 40.5 Å². The topological polar surface area (TPSA) is 141 Å². The van der Waals surface area contributed by atoms with E-state index in [9.17, 15) is 22.8 Å². The summed E-state index contributed by atoms with van der Waals surface area (Å²) in [6.45, 7) is 1.52. The zero-order valence-corrected chi connectivity index (χ0v) is 19.5. The summed E-state index contributed by atoms with van der Waals surface area (Å²) in [6.07, 6.45) is 1.47. The third-order valence-corrected chi connectivity index (χ3v) is 7.69. The average Bonchev–Trinajstić information content (AvgIpc) is 3.44. The second kappa shape index (κ2) is 9.88. The van der Waals surface area contributed by atoms with Gasteiger partial charge in [0, 0.05) is 0 Å². The number of hydrogen-bond acceptors (Lipinski definition) is 9. The van der Waals surface area contributed by atoms with Gasteiger partial charge in [0.2, 0.25) is 0 Å². The maximum Gasteiger partial charge on any atom is 0.348 e. The molecule has 0 aliphatic heterocycles. The quantitative estimate of drug-likeness (QED) is 0.457. The first-order valence-electron chi connectivity index (χ1n) is 9.42. The van der Waals surface area contributed by atoms with Crippen LogP contribution in [-0.2, 0) is 26.0 Å². The minimum Gasteiger partial charge on any atom is -0.467 e. The molecule has 0 unspecified atom stereocenters.